The Kier molecular flexibility index (Phi) is 6.59. The summed E-state index contributed by atoms with van der Waals surface area (Å²) in [4.78, 5) is 5.31. The van der Waals surface area contributed by atoms with E-state index < -0.39 is 0 Å². The summed E-state index contributed by atoms with van der Waals surface area (Å²) in [6, 6.07) is 58.6. The largest absolute Gasteiger partial charge is 0.456 e. The molecule has 0 fully saturated rings. The normalized spacial score (nSPS) is 16.3. The quantitative estimate of drug-likeness (QED) is 0.181. The Balaban J connectivity index is 1.02. The smallest absolute Gasteiger partial charge is 0.136 e. The number of hydrogen-bond acceptors (Lipinski definition) is 5. The van der Waals surface area contributed by atoms with Gasteiger partial charge in [-0.05, 0) is 74.6 Å². The zero-order valence-corrected chi connectivity index (χ0v) is 28.8. The Hall–Kier alpha value is -6.27. The van der Waals surface area contributed by atoms with Gasteiger partial charge in [-0.15, -0.1) is 11.3 Å². The third kappa shape index (κ3) is 4.74. The summed E-state index contributed by atoms with van der Waals surface area (Å²) in [5, 5.41) is 17.4. The van der Waals surface area contributed by atoms with Crippen molar-refractivity contribution < 1.29 is 4.42 Å². The molecular formula is C47H31N3OS. The first kappa shape index (κ1) is 29.5. The molecule has 246 valence electrons. The summed E-state index contributed by atoms with van der Waals surface area (Å²) in [6.45, 7) is 0. The first-order valence-corrected chi connectivity index (χ1v) is 18.5. The monoisotopic (exact) mass is 685 g/mol. The van der Waals surface area contributed by atoms with Crippen molar-refractivity contribution in [2.24, 2.45) is 4.99 Å². The Labute approximate surface area is 303 Å². The van der Waals surface area contributed by atoms with Crippen LogP contribution in [0.3, 0.4) is 0 Å². The molecule has 2 atom stereocenters. The minimum absolute atomic E-state index is 0.176. The molecule has 0 amide bonds. The third-order valence-corrected chi connectivity index (χ3v) is 11.7. The lowest BCUT2D eigenvalue weighted by Gasteiger charge is -2.32. The molecule has 8 aromatic carbocycles. The molecule has 5 heteroatoms. The highest BCUT2D eigenvalue weighted by molar-refractivity contribution is 7.25. The van der Waals surface area contributed by atoms with Crippen LogP contribution in [0.25, 0.3) is 74.8 Å². The molecule has 1 aliphatic rings. The van der Waals surface area contributed by atoms with Crippen LogP contribution in [0.4, 0.5) is 0 Å². The number of nitrogens with zero attached hydrogens (tertiary/aromatic N) is 1. The summed E-state index contributed by atoms with van der Waals surface area (Å²) in [6.07, 6.45) is -0.492. The van der Waals surface area contributed by atoms with Crippen LogP contribution < -0.4 is 10.6 Å². The fourth-order valence-electron chi connectivity index (χ4n) is 8.00. The van der Waals surface area contributed by atoms with Crippen molar-refractivity contribution in [3.05, 3.63) is 180 Å². The van der Waals surface area contributed by atoms with Crippen LogP contribution in [0.15, 0.2) is 173 Å². The molecule has 2 unspecified atom stereocenters. The van der Waals surface area contributed by atoms with Gasteiger partial charge in [0, 0.05) is 42.1 Å². The fraction of sp³-hybridized carbons (Fsp3) is 0.0426. The summed E-state index contributed by atoms with van der Waals surface area (Å²) < 4.78 is 9.22. The number of benzene rings is 8. The maximum absolute atomic E-state index is 6.60. The Morgan fingerprint density at radius 3 is 2.13 bits per heavy atom. The van der Waals surface area contributed by atoms with E-state index in [1.807, 2.05) is 17.4 Å². The molecule has 52 heavy (non-hydrogen) atoms. The molecule has 0 saturated heterocycles. The van der Waals surface area contributed by atoms with E-state index in [4.69, 9.17) is 9.41 Å². The second-order valence-electron chi connectivity index (χ2n) is 13.6. The van der Waals surface area contributed by atoms with Gasteiger partial charge >= 0.3 is 0 Å². The molecule has 11 rings (SSSR count). The van der Waals surface area contributed by atoms with Crippen molar-refractivity contribution in [2.45, 2.75) is 12.3 Å². The number of furan rings is 1. The van der Waals surface area contributed by atoms with E-state index in [1.54, 1.807) is 0 Å². The van der Waals surface area contributed by atoms with E-state index in [0.29, 0.717) is 0 Å². The van der Waals surface area contributed by atoms with Crippen molar-refractivity contribution in [2.75, 3.05) is 0 Å². The predicted octanol–water partition coefficient (Wildman–Crippen LogP) is 12.3. The maximum Gasteiger partial charge on any atom is 0.136 e. The van der Waals surface area contributed by atoms with Gasteiger partial charge in [0.1, 0.15) is 29.3 Å². The molecule has 10 aromatic rings. The standard InChI is InChI=1S/C47H31N3OS/c1-2-10-30(11-3-1)45-48-46(33-20-19-29-18-17-28-9-4-5-12-34(28)39(29)25-33)50-47(49-45)38-14-8-15-40-44(38)37-24-22-31(26-41(37)51-40)32-21-23-36-35-13-6-7-16-42(35)52-43(36)27-32/h1-27,46-47,50H,(H,48,49). The fourth-order valence-corrected chi connectivity index (χ4v) is 9.14. The van der Waals surface area contributed by atoms with E-state index in [1.165, 1.54) is 47.3 Å². The minimum atomic E-state index is -0.316. The van der Waals surface area contributed by atoms with Gasteiger partial charge in [0.25, 0.3) is 0 Å². The highest BCUT2D eigenvalue weighted by Gasteiger charge is 2.28. The second kappa shape index (κ2) is 11.6. The molecule has 0 bridgehead atoms. The summed E-state index contributed by atoms with van der Waals surface area (Å²) in [5.41, 5.74) is 7.34. The molecular weight excluding hydrogens is 655 g/mol. The van der Waals surface area contributed by atoms with Crippen LogP contribution in [0.5, 0.6) is 0 Å². The van der Waals surface area contributed by atoms with Crippen molar-refractivity contribution >= 4 is 80.8 Å². The zero-order chi connectivity index (χ0) is 34.2. The van der Waals surface area contributed by atoms with E-state index in [0.717, 1.165) is 50.0 Å². The lowest BCUT2D eigenvalue weighted by molar-refractivity contribution is 0.411. The average Bonchev–Trinajstić information content (AvgIpc) is 3.78. The van der Waals surface area contributed by atoms with Gasteiger partial charge in [-0.25, -0.2) is 4.99 Å². The number of amidine groups is 1. The average molecular weight is 686 g/mol. The highest BCUT2D eigenvalue weighted by atomic mass is 32.1. The molecule has 3 heterocycles. The maximum atomic E-state index is 6.60. The molecule has 0 saturated carbocycles. The SMILES string of the molecule is c1ccc(C2=NC(c3cccc4oc5cc(-c6ccc7c(c6)sc6ccccc67)ccc5c34)NC(c3ccc4ccc5ccccc5c4c3)N2)cc1. The number of thiophene rings is 1. The Morgan fingerprint density at radius 1 is 0.500 bits per heavy atom. The van der Waals surface area contributed by atoms with Gasteiger partial charge in [0.05, 0.1) is 0 Å². The number of rotatable bonds is 4. The lowest BCUT2D eigenvalue weighted by Crippen LogP contribution is -2.45. The number of hydrogen-bond donors (Lipinski definition) is 2. The van der Waals surface area contributed by atoms with Gasteiger partial charge in [-0.3, -0.25) is 5.32 Å². The number of nitrogens with one attached hydrogen (secondary N) is 2. The van der Waals surface area contributed by atoms with Gasteiger partial charge in [-0.1, -0.05) is 127 Å². The molecule has 0 aliphatic carbocycles. The molecule has 2 N–H and O–H groups in total. The highest BCUT2D eigenvalue weighted by Crippen LogP contribution is 2.40. The van der Waals surface area contributed by atoms with Crippen molar-refractivity contribution in [1.29, 1.82) is 0 Å². The zero-order valence-electron chi connectivity index (χ0n) is 28.0. The van der Waals surface area contributed by atoms with Crippen LogP contribution >= 0.6 is 11.3 Å². The van der Waals surface area contributed by atoms with Crippen LogP contribution in [0.1, 0.15) is 29.0 Å². The Morgan fingerprint density at radius 2 is 1.23 bits per heavy atom. The van der Waals surface area contributed by atoms with Gasteiger partial charge in [0.15, 0.2) is 0 Å². The number of aliphatic imine (C=N–C) groups is 1. The second-order valence-corrected chi connectivity index (χ2v) is 14.7. The van der Waals surface area contributed by atoms with Crippen LogP contribution in [0, 0.1) is 0 Å². The van der Waals surface area contributed by atoms with Gasteiger partial charge in [-0.2, -0.15) is 0 Å². The van der Waals surface area contributed by atoms with E-state index in [2.05, 4.69) is 168 Å². The predicted molar refractivity (Wildman–Crippen MR) is 218 cm³/mol. The first-order chi connectivity index (χ1) is 25.7. The third-order valence-electron chi connectivity index (χ3n) is 10.6. The topological polar surface area (TPSA) is 49.6 Å². The minimum Gasteiger partial charge on any atom is -0.456 e. The van der Waals surface area contributed by atoms with Crippen LogP contribution in [0.2, 0.25) is 0 Å². The van der Waals surface area contributed by atoms with Crippen molar-refractivity contribution in [3.8, 4) is 11.1 Å². The lowest BCUT2D eigenvalue weighted by atomic mass is 9.97. The van der Waals surface area contributed by atoms with Crippen LogP contribution in [-0.2, 0) is 0 Å². The molecule has 4 nitrogen and oxygen atoms in total. The van der Waals surface area contributed by atoms with E-state index >= 15 is 0 Å². The Bertz CT molecular complexity index is 3050. The summed E-state index contributed by atoms with van der Waals surface area (Å²) >= 11 is 1.85. The molecule has 0 spiro atoms. The first-order valence-electron chi connectivity index (χ1n) is 17.7. The van der Waals surface area contributed by atoms with Gasteiger partial charge < -0.3 is 9.73 Å². The summed E-state index contributed by atoms with van der Waals surface area (Å²) in [7, 11) is 0. The molecule has 1 aliphatic heterocycles. The van der Waals surface area contributed by atoms with E-state index in [9.17, 15) is 0 Å². The van der Waals surface area contributed by atoms with Crippen LogP contribution in [-0.4, -0.2) is 5.84 Å². The van der Waals surface area contributed by atoms with Gasteiger partial charge in [0.2, 0.25) is 0 Å². The van der Waals surface area contributed by atoms with Crippen molar-refractivity contribution in [3.63, 3.8) is 0 Å². The molecule has 2 aromatic heterocycles. The van der Waals surface area contributed by atoms with Crippen molar-refractivity contribution in [1.82, 2.24) is 10.6 Å². The molecule has 0 radical (unpaired) electrons. The summed E-state index contributed by atoms with van der Waals surface area (Å²) in [5.74, 6) is 0.857. The van der Waals surface area contributed by atoms with E-state index in [-0.39, 0.29) is 12.3 Å². The number of fused-ring (bicyclic) bond motifs is 9.